The number of hydrogen-bond donors (Lipinski definition) is 2. The maximum atomic E-state index is 4.12. The molecule has 0 spiro atoms. The van der Waals surface area contributed by atoms with Crippen molar-refractivity contribution in [2.45, 2.75) is 20.4 Å². The molecule has 0 bridgehead atoms. The molecule has 86 valence electrons. The van der Waals surface area contributed by atoms with E-state index in [-0.39, 0.29) is 0 Å². The Morgan fingerprint density at radius 2 is 2.07 bits per heavy atom. The summed E-state index contributed by atoms with van der Waals surface area (Å²) in [5.41, 5.74) is 1.24. The van der Waals surface area contributed by atoms with Gasteiger partial charge in [-0.3, -0.25) is 4.68 Å². The Morgan fingerprint density at radius 3 is 2.67 bits per heavy atom. The van der Waals surface area contributed by atoms with E-state index in [0.29, 0.717) is 0 Å². The fourth-order valence-corrected chi connectivity index (χ4v) is 1.36. The predicted octanol–water partition coefficient (Wildman–Crippen LogP) is 0.755. The van der Waals surface area contributed by atoms with E-state index in [1.165, 1.54) is 5.56 Å². The van der Waals surface area contributed by atoms with Crippen molar-refractivity contribution in [3.63, 3.8) is 0 Å². The summed E-state index contributed by atoms with van der Waals surface area (Å²) < 4.78 is 1.83. The summed E-state index contributed by atoms with van der Waals surface area (Å²) in [6.07, 6.45) is 3.93. The van der Waals surface area contributed by atoms with E-state index in [1.54, 1.807) is 0 Å². The Morgan fingerprint density at radius 1 is 1.33 bits per heavy atom. The van der Waals surface area contributed by atoms with Crippen LogP contribution in [0.5, 0.6) is 0 Å². The zero-order valence-electron chi connectivity index (χ0n) is 9.95. The third-order valence-corrected chi connectivity index (χ3v) is 2.12. The van der Waals surface area contributed by atoms with Crippen molar-refractivity contribution in [2.24, 2.45) is 13.0 Å². The first-order chi connectivity index (χ1) is 7.18. The van der Waals surface area contributed by atoms with Gasteiger partial charge in [0.25, 0.3) is 0 Å². The molecule has 15 heavy (non-hydrogen) atoms. The van der Waals surface area contributed by atoms with Crippen molar-refractivity contribution < 1.29 is 0 Å². The Balaban J connectivity index is 1.98. The molecule has 2 N–H and O–H groups in total. The van der Waals surface area contributed by atoms with Crippen LogP contribution in [0.2, 0.25) is 0 Å². The lowest BCUT2D eigenvalue weighted by Gasteiger charge is -2.07. The average Bonchev–Trinajstić information content (AvgIpc) is 2.57. The van der Waals surface area contributed by atoms with Crippen molar-refractivity contribution in [3.05, 3.63) is 18.0 Å². The minimum Gasteiger partial charge on any atom is -0.315 e. The highest BCUT2D eigenvalue weighted by Gasteiger charge is 1.95. The fourth-order valence-electron chi connectivity index (χ4n) is 1.36. The number of hydrogen-bond acceptors (Lipinski definition) is 3. The van der Waals surface area contributed by atoms with E-state index in [1.807, 2.05) is 24.1 Å². The fraction of sp³-hybridized carbons (Fsp3) is 0.727. The third kappa shape index (κ3) is 5.54. The average molecular weight is 210 g/mol. The van der Waals surface area contributed by atoms with Gasteiger partial charge in [-0.1, -0.05) is 13.8 Å². The summed E-state index contributed by atoms with van der Waals surface area (Å²) in [6.45, 7) is 8.46. The summed E-state index contributed by atoms with van der Waals surface area (Å²) in [7, 11) is 1.94. The van der Waals surface area contributed by atoms with Gasteiger partial charge in [0, 0.05) is 38.4 Å². The lowest BCUT2D eigenvalue weighted by Crippen LogP contribution is -2.29. The lowest BCUT2D eigenvalue weighted by atomic mass is 10.2. The first-order valence-corrected chi connectivity index (χ1v) is 5.57. The smallest absolute Gasteiger partial charge is 0.0534 e. The summed E-state index contributed by atoms with van der Waals surface area (Å²) >= 11 is 0. The molecule has 0 aliphatic carbocycles. The second-order valence-corrected chi connectivity index (χ2v) is 4.30. The first kappa shape index (κ1) is 12.2. The standard InChI is InChI=1S/C11H22N4/c1-10(2)6-12-4-5-13-7-11-8-14-15(3)9-11/h8-10,12-13H,4-7H2,1-3H3. The van der Waals surface area contributed by atoms with Crippen molar-refractivity contribution in [1.82, 2.24) is 20.4 Å². The number of rotatable bonds is 7. The molecule has 0 saturated heterocycles. The van der Waals surface area contributed by atoms with Crippen LogP contribution < -0.4 is 10.6 Å². The van der Waals surface area contributed by atoms with Crippen LogP contribution >= 0.6 is 0 Å². The molecule has 0 saturated carbocycles. The molecule has 0 unspecified atom stereocenters. The van der Waals surface area contributed by atoms with Crippen LogP contribution in [0.15, 0.2) is 12.4 Å². The van der Waals surface area contributed by atoms with Gasteiger partial charge in [-0.25, -0.2) is 0 Å². The van der Waals surface area contributed by atoms with Crippen LogP contribution in [-0.2, 0) is 13.6 Å². The van der Waals surface area contributed by atoms with Gasteiger partial charge in [-0.05, 0) is 12.5 Å². The zero-order chi connectivity index (χ0) is 11.1. The summed E-state index contributed by atoms with van der Waals surface area (Å²) in [4.78, 5) is 0. The molecule has 0 radical (unpaired) electrons. The van der Waals surface area contributed by atoms with Crippen molar-refractivity contribution in [2.75, 3.05) is 19.6 Å². The molecule has 0 fully saturated rings. The molecule has 4 nitrogen and oxygen atoms in total. The number of nitrogens with zero attached hydrogens (tertiary/aromatic N) is 2. The van der Waals surface area contributed by atoms with E-state index in [2.05, 4.69) is 29.6 Å². The van der Waals surface area contributed by atoms with Crippen LogP contribution in [0.1, 0.15) is 19.4 Å². The quantitative estimate of drug-likeness (QED) is 0.653. The van der Waals surface area contributed by atoms with Crippen LogP contribution in [0.25, 0.3) is 0 Å². The maximum absolute atomic E-state index is 4.12. The number of nitrogens with one attached hydrogen (secondary N) is 2. The molecule has 1 aromatic rings. The summed E-state index contributed by atoms with van der Waals surface area (Å²) in [5, 5.41) is 10.9. The van der Waals surface area contributed by atoms with Gasteiger partial charge in [-0.2, -0.15) is 5.10 Å². The van der Waals surface area contributed by atoms with E-state index >= 15 is 0 Å². The molecule has 0 aliphatic rings. The van der Waals surface area contributed by atoms with Gasteiger partial charge in [-0.15, -0.1) is 0 Å². The number of aryl methyl sites for hydroxylation is 1. The van der Waals surface area contributed by atoms with Gasteiger partial charge >= 0.3 is 0 Å². The topological polar surface area (TPSA) is 41.9 Å². The summed E-state index contributed by atoms with van der Waals surface area (Å²) in [6, 6.07) is 0. The van der Waals surface area contributed by atoms with E-state index < -0.39 is 0 Å². The van der Waals surface area contributed by atoms with Crippen molar-refractivity contribution >= 4 is 0 Å². The molecule has 1 rings (SSSR count). The van der Waals surface area contributed by atoms with Gasteiger partial charge in [0.05, 0.1) is 6.20 Å². The highest BCUT2D eigenvalue weighted by molar-refractivity contribution is 5.02. The van der Waals surface area contributed by atoms with Crippen molar-refractivity contribution in [3.8, 4) is 0 Å². The van der Waals surface area contributed by atoms with Gasteiger partial charge < -0.3 is 10.6 Å². The van der Waals surface area contributed by atoms with Crippen LogP contribution in [0.3, 0.4) is 0 Å². The second-order valence-electron chi connectivity index (χ2n) is 4.30. The molecule has 1 aromatic heterocycles. The van der Waals surface area contributed by atoms with E-state index in [4.69, 9.17) is 0 Å². The minimum atomic E-state index is 0.725. The minimum absolute atomic E-state index is 0.725. The zero-order valence-corrected chi connectivity index (χ0v) is 9.95. The molecular formula is C11H22N4. The Hall–Kier alpha value is -0.870. The highest BCUT2D eigenvalue weighted by atomic mass is 15.2. The second kappa shape index (κ2) is 6.58. The largest absolute Gasteiger partial charge is 0.315 e. The third-order valence-electron chi connectivity index (χ3n) is 2.12. The maximum Gasteiger partial charge on any atom is 0.0534 e. The number of aromatic nitrogens is 2. The van der Waals surface area contributed by atoms with Gasteiger partial charge in [0.15, 0.2) is 0 Å². The van der Waals surface area contributed by atoms with Crippen molar-refractivity contribution in [1.29, 1.82) is 0 Å². The molecule has 0 aliphatic heterocycles. The van der Waals surface area contributed by atoms with Gasteiger partial charge in [0.1, 0.15) is 0 Å². The molecule has 4 heteroatoms. The Bertz CT molecular complexity index is 267. The van der Waals surface area contributed by atoms with Gasteiger partial charge in [0.2, 0.25) is 0 Å². The highest BCUT2D eigenvalue weighted by Crippen LogP contribution is 1.94. The Labute approximate surface area is 92.1 Å². The van der Waals surface area contributed by atoms with E-state index in [9.17, 15) is 0 Å². The SMILES string of the molecule is CC(C)CNCCNCc1cnn(C)c1. The monoisotopic (exact) mass is 210 g/mol. The molecule has 1 heterocycles. The van der Waals surface area contributed by atoms with Crippen LogP contribution in [-0.4, -0.2) is 29.4 Å². The molecule has 0 amide bonds. The molecule has 0 atom stereocenters. The van der Waals surface area contributed by atoms with E-state index in [0.717, 1.165) is 32.1 Å². The molecule has 0 aromatic carbocycles. The predicted molar refractivity (Wildman–Crippen MR) is 62.6 cm³/mol. The summed E-state index contributed by atoms with van der Waals surface area (Å²) in [5.74, 6) is 0.725. The Kier molecular flexibility index (Phi) is 5.36. The van der Waals surface area contributed by atoms with Crippen LogP contribution in [0, 0.1) is 5.92 Å². The first-order valence-electron chi connectivity index (χ1n) is 5.57. The lowest BCUT2D eigenvalue weighted by molar-refractivity contribution is 0.535. The normalized spacial score (nSPS) is 11.2. The van der Waals surface area contributed by atoms with Crippen LogP contribution in [0.4, 0.5) is 0 Å². The molecular weight excluding hydrogens is 188 g/mol.